The van der Waals surface area contributed by atoms with Gasteiger partial charge in [-0.05, 0) is 53.8 Å². The topological polar surface area (TPSA) is 95.1 Å². The summed E-state index contributed by atoms with van der Waals surface area (Å²) >= 11 is 0. The lowest BCUT2D eigenvalue weighted by Crippen LogP contribution is -2.46. The Balaban J connectivity index is 1.04. The second kappa shape index (κ2) is 11.1. The predicted octanol–water partition coefficient (Wildman–Crippen LogP) is 4.76. The van der Waals surface area contributed by atoms with E-state index in [9.17, 15) is 23.3 Å². The molecule has 0 radical (unpaired) electrons. The van der Waals surface area contributed by atoms with Gasteiger partial charge in [0.15, 0.2) is 5.60 Å². The lowest BCUT2D eigenvalue weighted by molar-refractivity contribution is -0.389. The van der Waals surface area contributed by atoms with Gasteiger partial charge in [0.1, 0.15) is 24.3 Å². The summed E-state index contributed by atoms with van der Waals surface area (Å²) in [4.78, 5) is 18.8. The first-order valence-electron chi connectivity index (χ1n) is 12.7. The van der Waals surface area contributed by atoms with Crippen molar-refractivity contribution in [2.45, 2.75) is 25.4 Å². The van der Waals surface area contributed by atoms with Crippen molar-refractivity contribution in [3.8, 4) is 17.5 Å². The largest absolute Gasteiger partial charge is 0.573 e. The second-order valence-electron chi connectivity index (χ2n) is 9.91. The fourth-order valence-corrected chi connectivity index (χ4v) is 4.65. The summed E-state index contributed by atoms with van der Waals surface area (Å²) in [5.41, 5.74) is 1.23. The third kappa shape index (κ3) is 6.84. The highest BCUT2D eigenvalue weighted by atomic mass is 19.4. The molecule has 1 fully saturated rings. The molecule has 2 aliphatic heterocycles. The average molecular weight is 560 g/mol. The summed E-state index contributed by atoms with van der Waals surface area (Å²) in [6, 6.07) is 13.9. The first kappa shape index (κ1) is 27.3. The first-order chi connectivity index (χ1) is 19.1. The fourth-order valence-electron chi connectivity index (χ4n) is 4.65. The zero-order chi connectivity index (χ0) is 28.3. The third-order valence-electron chi connectivity index (χ3n) is 6.66. The number of hydrogen-bond acceptors (Lipinski definition) is 8. The van der Waals surface area contributed by atoms with Crippen LogP contribution in [0.4, 0.5) is 24.7 Å². The number of hydrogen-bond donors (Lipinski definition) is 0. The second-order valence-corrected chi connectivity index (χ2v) is 9.91. The van der Waals surface area contributed by atoms with E-state index in [1.807, 2.05) is 43.3 Å². The number of fused-ring (bicyclic) bond motifs is 1. The van der Waals surface area contributed by atoms with Gasteiger partial charge >= 0.3 is 18.2 Å². The van der Waals surface area contributed by atoms with Crippen molar-refractivity contribution < 1.29 is 32.3 Å². The molecule has 0 aliphatic carbocycles. The average Bonchev–Trinajstić information content (AvgIpc) is 3.44. The lowest BCUT2D eigenvalue weighted by Gasteiger charge is -2.35. The number of anilines is 1. The van der Waals surface area contributed by atoms with Gasteiger partial charge in [-0.1, -0.05) is 24.3 Å². The number of alkyl halides is 3. The van der Waals surface area contributed by atoms with Crippen molar-refractivity contribution in [1.82, 2.24) is 14.5 Å². The Hall–Kier alpha value is -4.26. The van der Waals surface area contributed by atoms with E-state index in [0.717, 1.165) is 44.0 Å². The van der Waals surface area contributed by atoms with Crippen molar-refractivity contribution in [2.24, 2.45) is 0 Å². The Kier molecular flexibility index (Phi) is 7.57. The molecule has 0 amide bonds. The standard InChI is InChI=1S/C27H28F3N5O5/c1-26(18-34-17-24(35(36)37)31-25(34)40-26)19-38-22-10-6-21(7-11-22)33-15-13-32(14-16-33)12-2-3-20-4-8-23(9-5-20)39-27(28,29)30/h2-11,17H,12-16,18-19H2,1H3/t26-/m0/s1. The quantitative estimate of drug-likeness (QED) is 0.274. The number of benzene rings is 2. The van der Waals surface area contributed by atoms with Crippen LogP contribution in [-0.2, 0) is 6.54 Å². The molecule has 0 saturated carbocycles. The zero-order valence-corrected chi connectivity index (χ0v) is 21.7. The summed E-state index contributed by atoms with van der Waals surface area (Å²) in [6.45, 7) is 6.77. The molecule has 0 unspecified atom stereocenters. The summed E-state index contributed by atoms with van der Waals surface area (Å²) in [7, 11) is 0. The molecule has 2 aromatic carbocycles. The van der Waals surface area contributed by atoms with Crippen molar-refractivity contribution in [3.63, 3.8) is 0 Å². The minimum absolute atomic E-state index is 0.219. The first-order valence-corrected chi connectivity index (χ1v) is 12.7. The monoisotopic (exact) mass is 559 g/mol. The van der Waals surface area contributed by atoms with E-state index in [4.69, 9.17) is 9.47 Å². The van der Waals surface area contributed by atoms with E-state index in [2.05, 4.69) is 19.5 Å². The summed E-state index contributed by atoms with van der Waals surface area (Å²) < 4.78 is 54.1. The Labute approximate surface area is 228 Å². The van der Waals surface area contributed by atoms with Crippen LogP contribution in [0.3, 0.4) is 0 Å². The van der Waals surface area contributed by atoms with E-state index in [0.29, 0.717) is 12.3 Å². The van der Waals surface area contributed by atoms with Crippen molar-refractivity contribution >= 4 is 17.6 Å². The Morgan fingerprint density at radius 1 is 1.07 bits per heavy atom. The molecule has 2 aliphatic rings. The predicted molar refractivity (Wildman–Crippen MR) is 141 cm³/mol. The highest BCUT2D eigenvalue weighted by Crippen LogP contribution is 2.32. The number of piperazine rings is 1. The van der Waals surface area contributed by atoms with Crippen molar-refractivity contribution in [1.29, 1.82) is 0 Å². The summed E-state index contributed by atoms with van der Waals surface area (Å²) in [6.07, 6.45) is 0.562. The fraction of sp³-hybridized carbons (Fsp3) is 0.370. The molecule has 3 heterocycles. The van der Waals surface area contributed by atoms with Crippen LogP contribution < -0.4 is 19.1 Å². The number of halogens is 3. The SMILES string of the molecule is C[C@@]1(COc2ccc(N3CCN(CC=Cc4ccc(OC(F)(F)F)cc4)CC3)cc2)Cn2cc([N+](=O)[O-])nc2O1. The van der Waals surface area contributed by atoms with E-state index < -0.39 is 16.9 Å². The summed E-state index contributed by atoms with van der Waals surface area (Å²) in [5, 5.41) is 10.9. The van der Waals surface area contributed by atoms with Crippen LogP contribution in [-0.4, -0.2) is 70.7 Å². The van der Waals surface area contributed by atoms with E-state index in [1.54, 1.807) is 16.7 Å². The highest BCUT2D eigenvalue weighted by Gasteiger charge is 2.41. The van der Waals surface area contributed by atoms with E-state index in [1.165, 1.54) is 18.3 Å². The molecule has 1 aromatic heterocycles. The van der Waals surface area contributed by atoms with Gasteiger partial charge in [-0.2, -0.15) is 0 Å². The lowest BCUT2D eigenvalue weighted by atomic mass is 10.1. The van der Waals surface area contributed by atoms with Crippen LogP contribution in [0.1, 0.15) is 12.5 Å². The van der Waals surface area contributed by atoms with E-state index >= 15 is 0 Å². The molecule has 212 valence electrons. The van der Waals surface area contributed by atoms with Gasteiger partial charge in [0.2, 0.25) is 0 Å². The molecular weight excluding hydrogens is 531 g/mol. The van der Waals surface area contributed by atoms with Crippen LogP contribution in [0.15, 0.2) is 60.8 Å². The van der Waals surface area contributed by atoms with Crippen LogP contribution in [0.25, 0.3) is 6.08 Å². The number of rotatable bonds is 9. The van der Waals surface area contributed by atoms with Crippen LogP contribution in [0.5, 0.6) is 17.5 Å². The smallest absolute Gasteiger partial charge is 0.489 e. The van der Waals surface area contributed by atoms with Gasteiger partial charge in [0.05, 0.1) is 6.54 Å². The molecular formula is C27H28F3N5O5. The van der Waals surface area contributed by atoms with Gasteiger partial charge in [-0.3, -0.25) is 9.47 Å². The maximum Gasteiger partial charge on any atom is 0.573 e. The Morgan fingerprint density at radius 2 is 1.75 bits per heavy atom. The molecule has 0 spiro atoms. The molecule has 13 heteroatoms. The summed E-state index contributed by atoms with van der Waals surface area (Å²) in [5.74, 6) is 0.227. The van der Waals surface area contributed by atoms with Crippen molar-refractivity contribution in [2.75, 3.05) is 44.2 Å². The number of nitro groups is 1. The molecule has 40 heavy (non-hydrogen) atoms. The molecule has 1 saturated heterocycles. The number of ether oxygens (including phenoxy) is 3. The van der Waals surface area contributed by atoms with Gasteiger partial charge < -0.3 is 29.2 Å². The van der Waals surface area contributed by atoms with Gasteiger partial charge in [0.25, 0.3) is 0 Å². The Morgan fingerprint density at radius 3 is 2.38 bits per heavy atom. The highest BCUT2D eigenvalue weighted by molar-refractivity contribution is 5.51. The maximum absolute atomic E-state index is 12.3. The van der Waals surface area contributed by atoms with E-state index in [-0.39, 0.29) is 24.2 Å². The number of imidazole rings is 1. The minimum atomic E-state index is -4.69. The Bertz CT molecular complexity index is 1330. The number of nitrogens with zero attached hydrogens (tertiary/aromatic N) is 5. The van der Waals surface area contributed by atoms with Crippen LogP contribution in [0.2, 0.25) is 0 Å². The normalized spacial score (nSPS) is 19.4. The van der Waals surface area contributed by atoms with Gasteiger partial charge in [0, 0.05) is 43.4 Å². The molecule has 10 nitrogen and oxygen atoms in total. The minimum Gasteiger partial charge on any atom is -0.489 e. The van der Waals surface area contributed by atoms with Crippen LogP contribution in [0, 0.1) is 10.1 Å². The molecule has 0 N–H and O–H groups in total. The number of aromatic nitrogens is 2. The van der Waals surface area contributed by atoms with Gasteiger partial charge in [-0.25, -0.2) is 0 Å². The van der Waals surface area contributed by atoms with Crippen LogP contribution >= 0.6 is 0 Å². The molecule has 5 rings (SSSR count). The third-order valence-corrected chi connectivity index (χ3v) is 6.66. The molecule has 1 atom stereocenters. The van der Waals surface area contributed by atoms with Crippen molar-refractivity contribution in [3.05, 3.63) is 76.5 Å². The molecule has 0 bridgehead atoms. The van der Waals surface area contributed by atoms with Gasteiger partial charge in [-0.15, -0.1) is 13.2 Å². The zero-order valence-electron chi connectivity index (χ0n) is 21.7. The molecule has 3 aromatic rings. The maximum atomic E-state index is 12.3.